The SMILES string of the molecule is CCNC(C)c1ccc(-c2cn(CC)cn2)cc1. The van der Waals surface area contributed by atoms with Crippen molar-refractivity contribution in [3.8, 4) is 11.3 Å². The first-order chi connectivity index (χ1) is 8.74. The topological polar surface area (TPSA) is 29.9 Å². The zero-order valence-corrected chi connectivity index (χ0v) is 11.4. The van der Waals surface area contributed by atoms with Crippen molar-refractivity contribution < 1.29 is 0 Å². The van der Waals surface area contributed by atoms with Crippen LogP contribution in [0.1, 0.15) is 32.4 Å². The molecule has 2 rings (SSSR count). The highest BCUT2D eigenvalue weighted by molar-refractivity contribution is 5.58. The standard InChI is InChI=1S/C15H21N3/c1-4-16-12(3)13-6-8-14(9-7-13)15-10-18(5-2)11-17-15/h6-12,16H,4-5H2,1-3H3. The Morgan fingerprint density at radius 3 is 2.50 bits per heavy atom. The first-order valence-electron chi connectivity index (χ1n) is 6.60. The molecular weight excluding hydrogens is 222 g/mol. The van der Waals surface area contributed by atoms with Gasteiger partial charge in [0.1, 0.15) is 0 Å². The molecule has 1 N–H and O–H groups in total. The quantitative estimate of drug-likeness (QED) is 0.873. The van der Waals surface area contributed by atoms with Gasteiger partial charge in [0.05, 0.1) is 12.0 Å². The van der Waals surface area contributed by atoms with Gasteiger partial charge in [0.15, 0.2) is 0 Å². The summed E-state index contributed by atoms with van der Waals surface area (Å²) in [5.41, 5.74) is 3.53. The fourth-order valence-electron chi connectivity index (χ4n) is 2.05. The van der Waals surface area contributed by atoms with E-state index in [-0.39, 0.29) is 0 Å². The summed E-state index contributed by atoms with van der Waals surface area (Å²) in [7, 11) is 0. The third kappa shape index (κ3) is 2.79. The van der Waals surface area contributed by atoms with Crippen molar-refractivity contribution in [2.24, 2.45) is 0 Å². The Morgan fingerprint density at radius 2 is 1.94 bits per heavy atom. The minimum absolute atomic E-state index is 0.400. The highest BCUT2D eigenvalue weighted by Crippen LogP contribution is 2.20. The molecule has 0 amide bonds. The number of imidazole rings is 1. The van der Waals surface area contributed by atoms with E-state index in [1.54, 1.807) is 0 Å². The van der Waals surface area contributed by atoms with Gasteiger partial charge in [-0.05, 0) is 26.0 Å². The molecule has 3 heteroatoms. The monoisotopic (exact) mass is 243 g/mol. The van der Waals surface area contributed by atoms with E-state index in [1.165, 1.54) is 11.1 Å². The number of nitrogens with zero attached hydrogens (tertiary/aromatic N) is 2. The Balaban J connectivity index is 2.16. The van der Waals surface area contributed by atoms with Crippen LogP contribution in [0, 0.1) is 0 Å². The number of hydrogen-bond donors (Lipinski definition) is 1. The minimum Gasteiger partial charge on any atom is -0.337 e. The zero-order valence-electron chi connectivity index (χ0n) is 11.4. The molecule has 1 unspecified atom stereocenters. The summed E-state index contributed by atoms with van der Waals surface area (Å²) in [6, 6.07) is 9.04. The van der Waals surface area contributed by atoms with Gasteiger partial charge in [0.25, 0.3) is 0 Å². The minimum atomic E-state index is 0.400. The van der Waals surface area contributed by atoms with E-state index < -0.39 is 0 Å². The molecule has 0 aliphatic heterocycles. The molecule has 96 valence electrons. The van der Waals surface area contributed by atoms with Crippen molar-refractivity contribution in [3.05, 3.63) is 42.4 Å². The maximum atomic E-state index is 4.42. The number of benzene rings is 1. The van der Waals surface area contributed by atoms with E-state index in [0.717, 1.165) is 18.8 Å². The number of nitrogens with one attached hydrogen (secondary N) is 1. The molecule has 2 aromatic rings. The van der Waals surface area contributed by atoms with Gasteiger partial charge in [-0.1, -0.05) is 31.2 Å². The smallest absolute Gasteiger partial charge is 0.0953 e. The fourth-order valence-corrected chi connectivity index (χ4v) is 2.05. The van der Waals surface area contributed by atoms with E-state index in [2.05, 4.69) is 66.1 Å². The van der Waals surface area contributed by atoms with Gasteiger partial charge in [-0.15, -0.1) is 0 Å². The number of aromatic nitrogens is 2. The summed E-state index contributed by atoms with van der Waals surface area (Å²) >= 11 is 0. The maximum Gasteiger partial charge on any atom is 0.0953 e. The average Bonchev–Trinajstić information content (AvgIpc) is 2.88. The van der Waals surface area contributed by atoms with Gasteiger partial charge < -0.3 is 9.88 Å². The van der Waals surface area contributed by atoms with Crippen molar-refractivity contribution in [3.63, 3.8) is 0 Å². The molecule has 3 nitrogen and oxygen atoms in total. The van der Waals surface area contributed by atoms with Gasteiger partial charge in [0, 0.05) is 24.3 Å². The van der Waals surface area contributed by atoms with E-state index in [4.69, 9.17) is 0 Å². The summed E-state index contributed by atoms with van der Waals surface area (Å²) in [5, 5.41) is 3.41. The zero-order chi connectivity index (χ0) is 13.0. The van der Waals surface area contributed by atoms with Crippen molar-refractivity contribution in [2.75, 3.05) is 6.54 Å². The van der Waals surface area contributed by atoms with Crippen LogP contribution in [0.25, 0.3) is 11.3 Å². The van der Waals surface area contributed by atoms with E-state index in [9.17, 15) is 0 Å². The van der Waals surface area contributed by atoms with Crippen LogP contribution in [0.5, 0.6) is 0 Å². The van der Waals surface area contributed by atoms with Crippen LogP contribution in [-0.2, 0) is 6.54 Å². The van der Waals surface area contributed by atoms with Gasteiger partial charge in [-0.3, -0.25) is 0 Å². The summed E-state index contributed by atoms with van der Waals surface area (Å²) in [5.74, 6) is 0. The molecule has 1 atom stereocenters. The van der Waals surface area contributed by atoms with Crippen LogP contribution in [0.15, 0.2) is 36.8 Å². The third-order valence-electron chi connectivity index (χ3n) is 3.22. The molecule has 0 radical (unpaired) electrons. The molecule has 0 bridgehead atoms. The summed E-state index contributed by atoms with van der Waals surface area (Å²) in [6.45, 7) is 8.38. The lowest BCUT2D eigenvalue weighted by Crippen LogP contribution is -2.17. The highest BCUT2D eigenvalue weighted by atomic mass is 15.0. The summed E-state index contributed by atoms with van der Waals surface area (Å²) in [4.78, 5) is 4.42. The molecule has 0 saturated carbocycles. The van der Waals surface area contributed by atoms with E-state index in [1.807, 2.05) is 6.33 Å². The first-order valence-corrected chi connectivity index (χ1v) is 6.60. The molecule has 0 fully saturated rings. The van der Waals surface area contributed by atoms with Gasteiger partial charge in [-0.2, -0.15) is 0 Å². The predicted molar refractivity (Wildman–Crippen MR) is 75.4 cm³/mol. The van der Waals surface area contributed by atoms with Crippen molar-refractivity contribution in [1.82, 2.24) is 14.9 Å². The lowest BCUT2D eigenvalue weighted by atomic mass is 10.0. The molecule has 0 saturated heterocycles. The number of hydrogen-bond acceptors (Lipinski definition) is 2. The molecule has 18 heavy (non-hydrogen) atoms. The molecule has 1 heterocycles. The Labute approximate surface area is 109 Å². The second kappa shape index (κ2) is 5.83. The van der Waals surface area contributed by atoms with Crippen molar-refractivity contribution >= 4 is 0 Å². The Kier molecular flexibility index (Phi) is 4.15. The van der Waals surface area contributed by atoms with Crippen molar-refractivity contribution in [1.29, 1.82) is 0 Å². The largest absolute Gasteiger partial charge is 0.337 e. The Morgan fingerprint density at radius 1 is 1.22 bits per heavy atom. The van der Waals surface area contributed by atoms with Crippen LogP contribution in [-0.4, -0.2) is 16.1 Å². The van der Waals surface area contributed by atoms with Crippen LogP contribution >= 0.6 is 0 Å². The van der Waals surface area contributed by atoms with Crippen LogP contribution < -0.4 is 5.32 Å². The normalized spacial score (nSPS) is 12.6. The maximum absolute atomic E-state index is 4.42. The van der Waals surface area contributed by atoms with Crippen molar-refractivity contribution in [2.45, 2.75) is 33.4 Å². The summed E-state index contributed by atoms with van der Waals surface area (Å²) < 4.78 is 2.09. The molecule has 0 spiro atoms. The predicted octanol–water partition coefficient (Wildman–Crippen LogP) is 3.24. The second-order valence-corrected chi connectivity index (χ2v) is 4.49. The molecule has 1 aromatic heterocycles. The van der Waals surface area contributed by atoms with E-state index in [0.29, 0.717) is 6.04 Å². The van der Waals surface area contributed by atoms with E-state index >= 15 is 0 Å². The van der Waals surface area contributed by atoms with Gasteiger partial charge in [0.2, 0.25) is 0 Å². The van der Waals surface area contributed by atoms with Gasteiger partial charge in [-0.25, -0.2) is 4.98 Å². The number of aryl methyl sites for hydroxylation is 1. The highest BCUT2D eigenvalue weighted by Gasteiger charge is 2.05. The average molecular weight is 243 g/mol. The molecule has 0 aliphatic rings. The lowest BCUT2D eigenvalue weighted by molar-refractivity contribution is 0.598. The molecular formula is C15H21N3. The molecule has 0 aliphatic carbocycles. The van der Waals surface area contributed by atoms with Crippen LogP contribution in [0.3, 0.4) is 0 Å². The Hall–Kier alpha value is -1.61. The Bertz CT molecular complexity index is 485. The second-order valence-electron chi connectivity index (χ2n) is 4.49. The fraction of sp³-hybridized carbons (Fsp3) is 0.400. The van der Waals surface area contributed by atoms with Gasteiger partial charge >= 0.3 is 0 Å². The van der Waals surface area contributed by atoms with Crippen LogP contribution in [0.4, 0.5) is 0 Å². The van der Waals surface area contributed by atoms with Crippen LogP contribution in [0.2, 0.25) is 0 Å². The third-order valence-corrected chi connectivity index (χ3v) is 3.22. The molecule has 1 aromatic carbocycles. The first kappa shape index (κ1) is 12.8. The lowest BCUT2D eigenvalue weighted by Gasteiger charge is -2.12. The summed E-state index contributed by atoms with van der Waals surface area (Å²) in [6.07, 6.45) is 3.97. The number of rotatable bonds is 5.